The van der Waals surface area contributed by atoms with Crippen LogP contribution in [0.15, 0.2) is 88.5 Å². The van der Waals surface area contributed by atoms with Crippen molar-refractivity contribution in [1.82, 2.24) is 4.98 Å². The molecule has 8 heteroatoms. The first-order valence-corrected chi connectivity index (χ1v) is 12.7. The second-order valence-corrected chi connectivity index (χ2v) is 9.35. The zero-order chi connectivity index (χ0) is 24.0. The zero-order valence-corrected chi connectivity index (χ0v) is 20.5. The average molecular weight is 506 g/mol. The molecule has 2 heterocycles. The molecule has 0 saturated carbocycles. The fourth-order valence-corrected chi connectivity index (χ4v) is 4.74. The number of ether oxygens (including phenoxy) is 1. The first-order chi connectivity index (χ1) is 17.2. The number of nitrogens with one attached hydrogen (secondary N) is 1. The SMILES string of the molecule is O=C(CSc1nc(-c2ccccc2)c(-c2ccccc2)o1)Nc1cc(Cl)ccc1N1CCOCC1. The van der Waals surface area contributed by atoms with E-state index in [4.69, 9.17) is 25.7 Å². The monoisotopic (exact) mass is 505 g/mol. The molecule has 1 aliphatic rings. The maximum absolute atomic E-state index is 12.9. The van der Waals surface area contributed by atoms with E-state index in [9.17, 15) is 4.79 Å². The van der Waals surface area contributed by atoms with Crippen LogP contribution in [0.25, 0.3) is 22.6 Å². The number of aromatic nitrogens is 1. The number of benzene rings is 3. The summed E-state index contributed by atoms with van der Waals surface area (Å²) in [6.45, 7) is 2.84. The summed E-state index contributed by atoms with van der Waals surface area (Å²) in [5, 5.41) is 4.02. The Morgan fingerprint density at radius 3 is 2.37 bits per heavy atom. The molecular formula is C27H24ClN3O3S. The molecule has 5 rings (SSSR count). The molecule has 1 fully saturated rings. The Morgan fingerprint density at radius 2 is 1.66 bits per heavy atom. The smallest absolute Gasteiger partial charge is 0.257 e. The van der Waals surface area contributed by atoms with Crippen LogP contribution in [-0.4, -0.2) is 42.9 Å². The van der Waals surface area contributed by atoms with Gasteiger partial charge >= 0.3 is 0 Å². The predicted octanol–water partition coefficient (Wildman–Crippen LogP) is 6.23. The van der Waals surface area contributed by atoms with Crippen LogP contribution in [0.1, 0.15) is 0 Å². The average Bonchev–Trinajstić information content (AvgIpc) is 3.34. The molecule has 0 radical (unpaired) electrons. The fraction of sp³-hybridized carbons (Fsp3) is 0.185. The lowest BCUT2D eigenvalue weighted by Gasteiger charge is -2.30. The lowest BCUT2D eigenvalue weighted by molar-refractivity contribution is -0.113. The van der Waals surface area contributed by atoms with Gasteiger partial charge in [0.1, 0.15) is 5.69 Å². The first kappa shape index (κ1) is 23.5. The van der Waals surface area contributed by atoms with E-state index in [1.54, 1.807) is 6.07 Å². The summed E-state index contributed by atoms with van der Waals surface area (Å²) in [6, 6.07) is 25.3. The Hall–Kier alpha value is -3.26. The number of oxazole rings is 1. The van der Waals surface area contributed by atoms with Crippen LogP contribution < -0.4 is 10.2 Å². The van der Waals surface area contributed by atoms with E-state index in [1.807, 2.05) is 72.8 Å². The number of hydrogen-bond donors (Lipinski definition) is 1. The predicted molar refractivity (Wildman–Crippen MR) is 141 cm³/mol. The van der Waals surface area contributed by atoms with E-state index in [0.29, 0.717) is 34.9 Å². The van der Waals surface area contributed by atoms with Crippen LogP contribution in [0.5, 0.6) is 0 Å². The maximum Gasteiger partial charge on any atom is 0.257 e. The number of thioether (sulfide) groups is 1. The molecule has 0 bridgehead atoms. The van der Waals surface area contributed by atoms with Gasteiger partial charge in [-0.25, -0.2) is 4.98 Å². The molecule has 4 aromatic rings. The van der Waals surface area contributed by atoms with Crippen LogP contribution in [-0.2, 0) is 9.53 Å². The summed E-state index contributed by atoms with van der Waals surface area (Å²) in [5.74, 6) is 0.676. The summed E-state index contributed by atoms with van der Waals surface area (Å²) in [4.78, 5) is 19.8. The van der Waals surface area contributed by atoms with Gasteiger partial charge in [0.15, 0.2) is 5.76 Å². The molecule has 0 spiro atoms. The van der Waals surface area contributed by atoms with Gasteiger partial charge in [-0.3, -0.25) is 4.79 Å². The van der Waals surface area contributed by atoms with Gasteiger partial charge in [0.2, 0.25) is 5.91 Å². The summed E-state index contributed by atoms with van der Waals surface area (Å²) in [5.41, 5.74) is 4.27. The highest BCUT2D eigenvalue weighted by Gasteiger charge is 2.20. The highest BCUT2D eigenvalue weighted by Crippen LogP contribution is 2.36. The van der Waals surface area contributed by atoms with Crippen molar-refractivity contribution in [3.63, 3.8) is 0 Å². The van der Waals surface area contributed by atoms with Crippen molar-refractivity contribution in [3.8, 4) is 22.6 Å². The Kier molecular flexibility index (Phi) is 7.37. The van der Waals surface area contributed by atoms with Crippen molar-refractivity contribution in [2.75, 3.05) is 42.3 Å². The van der Waals surface area contributed by atoms with Gasteiger partial charge in [0.25, 0.3) is 5.22 Å². The molecule has 0 aliphatic carbocycles. The molecule has 3 aromatic carbocycles. The summed E-state index contributed by atoms with van der Waals surface area (Å²) in [7, 11) is 0. The number of morpholine rings is 1. The number of rotatable bonds is 7. The summed E-state index contributed by atoms with van der Waals surface area (Å²) in [6.07, 6.45) is 0. The van der Waals surface area contributed by atoms with E-state index in [2.05, 4.69) is 10.2 Å². The zero-order valence-electron chi connectivity index (χ0n) is 18.9. The lowest BCUT2D eigenvalue weighted by atomic mass is 10.1. The minimum absolute atomic E-state index is 0.151. The van der Waals surface area contributed by atoms with E-state index in [0.717, 1.165) is 35.6 Å². The number of hydrogen-bond acceptors (Lipinski definition) is 6. The summed E-state index contributed by atoms with van der Waals surface area (Å²) < 4.78 is 11.6. The highest BCUT2D eigenvalue weighted by molar-refractivity contribution is 7.99. The van der Waals surface area contributed by atoms with Crippen LogP contribution in [0.2, 0.25) is 5.02 Å². The first-order valence-electron chi connectivity index (χ1n) is 11.3. The van der Waals surface area contributed by atoms with Gasteiger partial charge in [-0.1, -0.05) is 84.0 Å². The van der Waals surface area contributed by atoms with Gasteiger partial charge in [0.05, 0.1) is 30.3 Å². The largest absolute Gasteiger partial charge is 0.431 e. The third-order valence-electron chi connectivity index (χ3n) is 5.60. The molecule has 1 N–H and O–H groups in total. The molecule has 1 saturated heterocycles. The number of carbonyl (C=O) groups is 1. The fourth-order valence-electron chi connectivity index (χ4n) is 3.94. The van der Waals surface area contributed by atoms with Gasteiger partial charge in [-0.05, 0) is 18.2 Å². The van der Waals surface area contributed by atoms with Crippen molar-refractivity contribution in [3.05, 3.63) is 83.9 Å². The standard InChI is InChI=1S/C27H24ClN3O3S/c28-21-11-12-23(31-13-15-33-16-14-31)22(17-21)29-24(32)18-35-27-30-25(19-7-3-1-4-8-19)26(34-27)20-9-5-2-6-10-20/h1-12,17H,13-16,18H2,(H,29,32). The molecule has 35 heavy (non-hydrogen) atoms. The Morgan fingerprint density at radius 1 is 0.971 bits per heavy atom. The Bertz CT molecular complexity index is 1230. The van der Waals surface area contributed by atoms with Gasteiger partial charge in [0, 0.05) is 29.2 Å². The lowest BCUT2D eigenvalue weighted by Crippen LogP contribution is -2.36. The Labute approximate surface area is 213 Å². The van der Waals surface area contributed by atoms with Crippen molar-refractivity contribution in [2.24, 2.45) is 0 Å². The molecule has 1 aliphatic heterocycles. The quantitative estimate of drug-likeness (QED) is 0.300. The molecule has 1 aromatic heterocycles. The highest BCUT2D eigenvalue weighted by atomic mass is 35.5. The number of carbonyl (C=O) groups excluding carboxylic acids is 1. The topological polar surface area (TPSA) is 67.6 Å². The van der Waals surface area contributed by atoms with Crippen molar-refractivity contribution in [1.29, 1.82) is 0 Å². The van der Waals surface area contributed by atoms with Crippen molar-refractivity contribution >= 4 is 40.6 Å². The second-order valence-electron chi connectivity index (χ2n) is 7.99. The third-order valence-corrected chi connectivity index (χ3v) is 6.67. The molecule has 6 nitrogen and oxygen atoms in total. The van der Waals surface area contributed by atoms with Crippen LogP contribution in [0, 0.1) is 0 Å². The van der Waals surface area contributed by atoms with Crippen molar-refractivity contribution in [2.45, 2.75) is 5.22 Å². The number of amides is 1. The molecule has 0 atom stereocenters. The van der Waals surface area contributed by atoms with Crippen LogP contribution >= 0.6 is 23.4 Å². The van der Waals surface area contributed by atoms with E-state index in [-0.39, 0.29) is 11.7 Å². The maximum atomic E-state index is 12.9. The van der Waals surface area contributed by atoms with Gasteiger partial charge in [-0.15, -0.1) is 0 Å². The number of anilines is 2. The number of nitrogens with zero attached hydrogens (tertiary/aromatic N) is 2. The second kappa shape index (κ2) is 11.0. The van der Waals surface area contributed by atoms with Crippen LogP contribution in [0.4, 0.5) is 11.4 Å². The van der Waals surface area contributed by atoms with Gasteiger partial charge < -0.3 is 19.4 Å². The minimum Gasteiger partial charge on any atom is -0.431 e. The van der Waals surface area contributed by atoms with Crippen LogP contribution in [0.3, 0.4) is 0 Å². The van der Waals surface area contributed by atoms with E-state index in [1.165, 1.54) is 11.8 Å². The van der Waals surface area contributed by atoms with E-state index >= 15 is 0 Å². The minimum atomic E-state index is -0.160. The number of halogens is 1. The van der Waals surface area contributed by atoms with Crippen molar-refractivity contribution < 1.29 is 13.9 Å². The van der Waals surface area contributed by atoms with Gasteiger partial charge in [-0.2, -0.15) is 0 Å². The molecular weight excluding hydrogens is 482 g/mol. The molecule has 0 unspecified atom stereocenters. The summed E-state index contributed by atoms with van der Waals surface area (Å²) >= 11 is 7.49. The Balaban J connectivity index is 1.33. The van der Waals surface area contributed by atoms with E-state index < -0.39 is 0 Å². The normalized spacial score (nSPS) is 13.6. The molecule has 1 amide bonds. The molecule has 178 valence electrons. The third kappa shape index (κ3) is 5.70.